The largest absolute Gasteiger partial charge is 0.348 e. The molecule has 0 spiro atoms. The lowest BCUT2D eigenvalue weighted by Gasteiger charge is -2.25. The van der Waals surface area contributed by atoms with Gasteiger partial charge in [0.25, 0.3) is 0 Å². The van der Waals surface area contributed by atoms with Crippen LogP contribution in [-0.2, 0) is 0 Å². The second kappa shape index (κ2) is 5.42. The normalized spacial score (nSPS) is 11.6. The lowest BCUT2D eigenvalue weighted by atomic mass is 10.3. The molecular weight excluding hydrogens is 196 g/mol. The van der Waals surface area contributed by atoms with Gasteiger partial charge in [0.2, 0.25) is 0 Å². The van der Waals surface area contributed by atoms with Crippen molar-refractivity contribution in [3.8, 4) is 0 Å². The minimum Gasteiger partial charge on any atom is -0.348 e. The summed E-state index contributed by atoms with van der Waals surface area (Å²) in [6, 6.07) is 1.89. The molecule has 1 aromatic heterocycles. The third-order valence-electron chi connectivity index (χ3n) is 1.93. The van der Waals surface area contributed by atoms with Crippen molar-refractivity contribution < 1.29 is 0 Å². The van der Waals surface area contributed by atoms with Gasteiger partial charge >= 0.3 is 0 Å². The van der Waals surface area contributed by atoms with E-state index in [4.69, 9.17) is 0 Å². The fraction of sp³-hybridized carbons (Fsp3) is 0.444. The van der Waals surface area contributed by atoms with Gasteiger partial charge in [-0.25, -0.2) is 4.99 Å². The predicted molar refractivity (Wildman–Crippen MR) is 59.5 cm³/mol. The van der Waals surface area contributed by atoms with E-state index in [1.807, 2.05) is 13.0 Å². The monoisotopic (exact) mass is 208 g/mol. The summed E-state index contributed by atoms with van der Waals surface area (Å²) in [6.45, 7) is 4.85. The smallest absolute Gasteiger partial charge is 0.128 e. The Balaban J connectivity index is 2.87. The molecule has 0 radical (unpaired) electrons. The molecule has 0 N–H and O–H groups in total. The van der Waals surface area contributed by atoms with Crippen molar-refractivity contribution in [2.45, 2.75) is 20.0 Å². The topological polar surface area (TPSA) is 41.4 Å². The number of nitrogens with zero attached hydrogens (tertiary/aromatic N) is 4. The van der Waals surface area contributed by atoms with E-state index >= 15 is 0 Å². The molecule has 1 unspecified atom stereocenters. The van der Waals surface area contributed by atoms with E-state index in [2.05, 4.69) is 44.4 Å². The van der Waals surface area contributed by atoms with Crippen LogP contribution < -0.4 is 4.90 Å². The van der Waals surface area contributed by atoms with Crippen molar-refractivity contribution in [1.82, 2.24) is 10.2 Å². The first-order valence-electron chi connectivity index (χ1n) is 4.40. The lowest BCUT2D eigenvalue weighted by Crippen LogP contribution is -2.31. The van der Waals surface area contributed by atoms with Crippen molar-refractivity contribution in [3.63, 3.8) is 0 Å². The first-order valence-corrected chi connectivity index (χ1v) is 4.80. The first-order chi connectivity index (χ1) is 6.79. The summed E-state index contributed by atoms with van der Waals surface area (Å²) in [5, 5.41) is 9.92. The molecular formula is C9H12N4S. The molecule has 0 bridgehead atoms. The Morgan fingerprint density at radius 3 is 2.93 bits per heavy atom. The second-order valence-corrected chi connectivity index (χ2v) is 2.92. The third kappa shape index (κ3) is 2.58. The molecule has 14 heavy (non-hydrogen) atoms. The van der Waals surface area contributed by atoms with E-state index in [9.17, 15) is 0 Å². The van der Waals surface area contributed by atoms with Crippen LogP contribution in [0.1, 0.15) is 13.8 Å². The van der Waals surface area contributed by atoms with Gasteiger partial charge < -0.3 is 4.90 Å². The SMILES string of the molecule is CCN(c1ccnnc1)C(C)N=C=S. The number of thiocarbonyl (C=S) groups is 1. The second-order valence-electron chi connectivity index (χ2n) is 2.74. The highest BCUT2D eigenvalue weighted by Gasteiger charge is 2.10. The summed E-state index contributed by atoms with van der Waals surface area (Å²) in [6.07, 6.45) is 3.35. The Morgan fingerprint density at radius 1 is 1.64 bits per heavy atom. The molecule has 0 fully saturated rings. The van der Waals surface area contributed by atoms with Crippen molar-refractivity contribution >= 4 is 23.1 Å². The highest BCUT2D eigenvalue weighted by molar-refractivity contribution is 7.78. The molecule has 1 heterocycles. The molecule has 4 nitrogen and oxygen atoms in total. The number of isothiocyanates is 1. The Labute approximate surface area is 88.7 Å². The Kier molecular flexibility index (Phi) is 4.16. The zero-order valence-corrected chi connectivity index (χ0v) is 9.03. The molecule has 0 aliphatic rings. The van der Waals surface area contributed by atoms with Crippen LogP contribution in [0.2, 0.25) is 0 Å². The maximum atomic E-state index is 4.57. The number of hydrogen-bond donors (Lipinski definition) is 0. The van der Waals surface area contributed by atoms with Crippen molar-refractivity contribution in [2.24, 2.45) is 4.99 Å². The molecule has 0 saturated carbocycles. The molecule has 0 aromatic carbocycles. The summed E-state index contributed by atoms with van der Waals surface area (Å²) in [5.41, 5.74) is 0.990. The minimum absolute atomic E-state index is 0.0123. The summed E-state index contributed by atoms with van der Waals surface area (Å²) < 4.78 is 0. The predicted octanol–water partition coefficient (Wildman–Crippen LogP) is 1.75. The van der Waals surface area contributed by atoms with Crippen molar-refractivity contribution in [1.29, 1.82) is 0 Å². The standard InChI is InChI=1S/C9H12N4S/c1-3-13(8(2)10-7-14)9-4-5-11-12-6-9/h4-6,8H,3H2,1-2H3. The minimum atomic E-state index is -0.0123. The van der Waals surface area contributed by atoms with Crippen LogP contribution in [-0.4, -0.2) is 28.1 Å². The molecule has 0 amide bonds. The molecule has 0 aliphatic heterocycles. The van der Waals surface area contributed by atoms with Crippen LogP contribution in [0.5, 0.6) is 0 Å². The molecule has 1 atom stereocenters. The average molecular weight is 208 g/mol. The molecule has 74 valence electrons. The fourth-order valence-corrected chi connectivity index (χ4v) is 1.41. The van der Waals surface area contributed by atoms with E-state index in [1.165, 1.54) is 0 Å². The van der Waals surface area contributed by atoms with Gasteiger partial charge in [0.05, 0.1) is 23.2 Å². The zero-order valence-electron chi connectivity index (χ0n) is 8.21. The van der Waals surface area contributed by atoms with Crippen molar-refractivity contribution in [3.05, 3.63) is 18.5 Å². The molecule has 0 saturated heterocycles. The van der Waals surface area contributed by atoms with E-state index < -0.39 is 0 Å². The van der Waals surface area contributed by atoms with Gasteiger partial charge in [-0.2, -0.15) is 10.2 Å². The van der Waals surface area contributed by atoms with Crippen LogP contribution in [0.25, 0.3) is 0 Å². The van der Waals surface area contributed by atoms with E-state index in [1.54, 1.807) is 12.4 Å². The van der Waals surface area contributed by atoms with E-state index in [0.29, 0.717) is 0 Å². The van der Waals surface area contributed by atoms with Gasteiger partial charge in [0.1, 0.15) is 6.17 Å². The number of rotatable bonds is 4. The zero-order chi connectivity index (χ0) is 10.4. The summed E-state index contributed by atoms with van der Waals surface area (Å²) in [4.78, 5) is 6.08. The number of hydrogen-bond acceptors (Lipinski definition) is 5. The van der Waals surface area contributed by atoms with E-state index in [-0.39, 0.29) is 6.17 Å². The van der Waals surface area contributed by atoms with Gasteiger partial charge in [-0.1, -0.05) is 0 Å². The number of aliphatic imine (C=N–C) groups is 1. The Morgan fingerprint density at radius 2 is 2.43 bits per heavy atom. The van der Waals surface area contributed by atoms with Gasteiger partial charge in [-0.15, -0.1) is 0 Å². The maximum Gasteiger partial charge on any atom is 0.128 e. The van der Waals surface area contributed by atoms with Crippen LogP contribution in [0.4, 0.5) is 5.69 Å². The van der Waals surface area contributed by atoms with Crippen LogP contribution in [0.15, 0.2) is 23.5 Å². The molecule has 5 heteroatoms. The fourth-order valence-electron chi connectivity index (χ4n) is 1.26. The maximum absolute atomic E-state index is 4.57. The van der Waals surface area contributed by atoms with E-state index in [0.717, 1.165) is 12.2 Å². The quantitative estimate of drug-likeness (QED) is 0.558. The summed E-state index contributed by atoms with van der Waals surface area (Å²) in [5.74, 6) is 0. The van der Waals surface area contributed by atoms with Crippen molar-refractivity contribution in [2.75, 3.05) is 11.4 Å². The summed E-state index contributed by atoms with van der Waals surface area (Å²) >= 11 is 4.57. The highest BCUT2D eigenvalue weighted by Crippen LogP contribution is 2.14. The Hall–Kier alpha value is -1.32. The first kappa shape index (κ1) is 10.8. The number of anilines is 1. The van der Waals surface area contributed by atoms with Crippen LogP contribution >= 0.6 is 12.2 Å². The Bertz CT molecular complexity index is 321. The van der Waals surface area contributed by atoms with Gasteiger partial charge in [-0.3, -0.25) is 0 Å². The average Bonchev–Trinajstić information content (AvgIpc) is 2.21. The lowest BCUT2D eigenvalue weighted by molar-refractivity contribution is 0.679. The molecule has 1 rings (SSSR count). The molecule has 1 aromatic rings. The van der Waals surface area contributed by atoms with Gasteiger partial charge in [0, 0.05) is 6.54 Å². The van der Waals surface area contributed by atoms with Gasteiger partial charge in [0.15, 0.2) is 0 Å². The van der Waals surface area contributed by atoms with Crippen LogP contribution in [0.3, 0.4) is 0 Å². The third-order valence-corrected chi connectivity index (χ3v) is 2.04. The number of aromatic nitrogens is 2. The molecule has 0 aliphatic carbocycles. The van der Waals surface area contributed by atoms with Gasteiger partial charge in [-0.05, 0) is 32.1 Å². The highest BCUT2D eigenvalue weighted by atomic mass is 32.1. The summed E-state index contributed by atoms with van der Waals surface area (Å²) in [7, 11) is 0. The van der Waals surface area contributed by atoms with Crippen LogP contribution in [0, 0.1) is 0 Å².